The van der Waals surface area contributed by atoms with Crippen LogP contribution in [0.4, 0.5) is 8.78 Å². The van der Waals surface area contributed by atoms with Crippen molar-refractivity contribution in [1.29, 1.82) is 0 Å². The zero-order valence-electron chi connectivity index (χ0n) is 10.9. The van der Waals surface area contributed by atoms with E-state index in [1.807, 2.05) is 0 Å². The number of aromatic nitrogens is 2. The first kappa shape index (κ1) is 15.4. The van der Waals surface area contributed by atoms with Crippen LogP contribution in [-0.4, -0.2) is 35.6 Å². The molecule has 1 aliphatic heterocycles. The number of halogens is 3. The second kappa shape index (κ2) is 6.62. The largest absolute Gasteiger partial charge is 0.462 e. The molecule has 0 N–H and O–H groups in total. The van der Waals surface area contributed by atoms with Crippen LogP contribution in [0.3, 0.4) is 0 Å². The lowest BCUT2D eigenvalue weighted by atomic mass is 10.1. The van der Waals surface area contributed by atoms with E-state index in [2.05, 4.69) is 21.0 Å². The summed E-state index contributed by atoms with van der Waals surface area (Å²) in [6.07, 6.45) is -1.61. The Kier molecular flexibility index (Phi) is 5.09. The smallest absolute Gasteiger partial charge is 0.343 e. The number of carbonyl (C=O) groups excluding carboxylic acids is 1. The van der Waals surface area contributed by atoms with Crippen molar-refractivity contribution >= 4 is 21.9 Å². The maximum atomic E-state index is 13.3. The number of carbonyl (C=O) groups is 1. The van der Waals surface area contributed by atoms with Gasteiger partial charge in [0, 0.05) is 13.2 Å². The average Bonchev–Trinajstić information content (AvgIpc) is 2.78. The Labute approximate surface area is 123 Å². The van der Waals surface area contributed by atoms with E-state index < -0.39 is 12.4 Å². The summed E-state index contributed by atoms with van der Waals surface area (Å²) in [5.74, 6) is -0.784. The van der Waals surface area contributed by atoms with Crippen molar-refractivity contribution in [2.45, 2.75) is 32.2 Å². The number of rotatable bonds is 4. The van der Waals surface area contributed by atoms with E-state index in [1.54, 1.807) is 6.92 Å². The first-order chi connectivity index (χ1) is 9.56. The standard InChI is InChI=1S/C12H15BrF2N2O3/c1-2-20-12(18)8-9(11(14)15)17(16-10(8)13)7-3-5-19-6-4-7/h7,11H,2-6H2,1H3. The summed E-state index contributed by atoms with van der Waals surface area (Å²) in [7, 11) is 0. The molecule has 1 saturated heterocycles. The Morgan fingerprint density at radius 3 is 2.75 bits per heavy atom. The van der Waals surface area contributed by atoms with Gasteiger partial charge in [-0.3, -0.25) is 4.68 Å². The van der Waals surface area contributed by atoms with E-state index in [1.165, 1.54) is 4.68 Å². The zero-order chi connectivity index (χ0) is 14.7. The molecule has 0 aliphatic carbocycles. The Bertz CT molecular complexity index is 487. The molecule has 112 valence electrons. The van der Waals surface area contributed by atoms with E-state index in [4.69, 9.17) is 9.47 Å². The van der Waals surface area contributed by atoms with Crippen LogP contribution in [0.2, 0.25) is 0 Å². The van der Waals surface area contributed by atoms with Gasteiger partial charge in [0.15, 0.2) is 0 Å². The molecule has 0 unspecified atom stereocenters. The van der Waals surface area contributed by atoms with Gasteiger partial charge in [-0.15, -0.1) is 0 Å². The number of hydrogen-bond donors (Lipinski definition) is 0. The first-order valence-electron chi connectivity index (χ1n) is 6.37. The molecule has 0 saturated carbocycles. The molecule has 0 atom stereocenters. The predicted molar refractivity (Wildman–Crippen MR) is 69.9 cm³/mol. The molecule has 1 aromatic rings. The molecule has 2 heterocycles. The fourth-order valence-electron chi connectivity index (χ4n) is 2.23. The Morgan fingerprint density at radius 2 is 2.20 bits per heavy atom. The van der Waals surface area contributed by atoms with Crippen molar-refractivity contribution in [3.05, 3.63) is 15.9 Å². The number of nitrogens with zero attached hydrogens (tertiary/aromatic N) is 2. The van der Waals surface area contributed by atoms with Crippen molar-refractivity contribution in [3.8, 4) is 0 Å². The normalized spacial score (nSPS) is 16.6. The van der Waals surface area contributed by atoms with E-state index >= 15 is 0 Å². The highest BCUT2D eigenvalue weighted by Crippen LogP contribution is 2.34. The molecule has 1 fully saturated rings. The fourth-order valence-corrected chi connectivity index (χ4v) is 2.76. The Balaban J connectivity index is 2.41. The summed E-state index contributed by atoms with van der Waals surface area (Å²) < 4.78 is 38.0. The second-order valence-electron chi connectivity index (χ2n) is 4.36. The van der Waals surface area contributed by atoms with Crippen LogP contribution in [0.15, 0.2) is 4.60 Å². The lowest BCUT2D eigenvalue weighted by molar-refractivity contribution is 0.0499. The Morgan fingerprint density at radius 1 is 1.55 bits per heavy atom. The zero-order valence-corrected chi connectivity index (χ0v) is 12.5. The van der Waals surface area contributed by atoms with Crippen molar-refractivity contribution in [3.63, 3.8) is 0 Å². The highest BCUT2D eigenvalue weighted by Gasteiger charge is 2.32. The first-order valence-corrected chi connectivity index (χ1v) is 7.16. The Hall–Kier alpha value is -1.02. The molecule has 0 bridgehead atoms. The molecule has 20 heavy (non-hydrogen) atoms. The topological polar surface area (TPSA) is 53.3 Å². The summed E-state index contributed by atoms with van der Waals surface area (Å²) in [6.45, 7) is 2.74. The van der Waals surface area contributed by atoms with Crippen molar-refractivity contribution in [1.82, 2.24) is 9.78 Å². The van der Waals surface area contributed by atoms with Crippen LogP contribution in [0.1, 0.15) is 48.3 Å². The highest BCUT2D eigenvalue weighted by atomic mass is 79.9. The lowest BCUT2D eigenvalue weighted by Gasteiger charge is -2.24. The third kappa shape index (κ3) is 3.01. The SMILES string of the molecule is CCOC(=O)c1c(Br)nn(C2CCOCC2)c1C(F)F. The van der Waals surface area contributed by atoms with Gasteiger partial charge in [-0.25, -0.2) is 13.6 Å². The van der Waals surface area contributed by atoms with Gasteiger partial charge in [-0.2, -0.15) is 5.10 Å². The van der Waals surface area contributed by atoms with Crippen LogP contribution in [-0.2, 0) is 9.47 Å². The van der Waals surface area contributed by atoms with Crippen LogP contribution < -0.4 is 0 Å². The minimum Gasteiger partial charge on any atom is -0.462 e. The van der Waals surface area contributed by atoms with Gasteiger partial charge in [0.25, 0.3) is 6.43 Å². The molecule has 0 radical (unpaired) electrons. The minimum atomic E-state index is -2.80. The second-order valence-corrected chi connectivity index (χ2v) is 5.11. The van der Waals surface area contributed by atoms with E-state index in [0.717, 1.165) is 0 Å². The van der Waals surface area contributed by atoms with Gasteiger partial charge in [-0.1, -0.05) is 0 Å². The third-order valence-electron chi connectivity index (χ3n) is 3.13. The predicted octanol–water partition coefficient (Wildman–Crippen LogP) is 3.11. The quantitative estimate of drug-likeness (QED) is 0.781. The molecule has 1 aromatic heterocycles. The van der Waals surface area contributed by atoms with Crippen molar-refractivity contribution in [2.24, 2.45) is 0 Å². The molecule has 8 heteroatoms. The van der Waals surface area contributed by atoms with Gasteiger partial charge in [-0.05, 0) is 35.7 Å². The van der Waals surface area contributed by atoms with Gasteiger partial charge >= 0.3 is 5.97 Å². The average molecular weight is 353 g/mol. The van der Waals surface area contributed by atoms with Crippen LogP contribution >= 0.6 is 15.9 Å². The summed E-state index contributed by atoms with van der Waals surface area (Å²) in [5, 5.41) is 4.06. The molecule has 2 rings (SSSR count). The summed E-state index contributed by atoms with van der Waals surface area (Å²) in [6, 6.07) is -0.188. The van der Waals surface area contributed by atoms with Gasteiger partial charge in [0.2, 0.25) is 0 Å². The molecular formula is C12H15BrF2N2O3. The van der Waals surface area contributed by atoms with Crippen LogP contribution in [0.5, 0.6) is 0 Å². The van der Waals surface area contributed by atoms with E-state index in [0.29, 0.717) is 26.1 Å². The fraction of sp³-hybridized carbons (Fsp3) is 0.667. The lowest BCUT2D eigenvalue weighted by Crippen LogP contribution is -2.23. The maximum Gasteiger partial charge on any atom is 0.343 e. The third-order valence-corrected chi connectivity index (χ3v) is 3.68. The van der Waals surface area contributed by atoms with Crippen LogP contribution in [0, 0.1) is 0 Å². The van der Waals surface area contributed by atoms with Gasteiger partial charge in [0.05, 0.1) is 12.6 Å². The summed E-state index contributed by atoms with van der Waals surface area (Å²) in [5.41, 5.74) is -0.574. The van der Waals surface area contributed by atoms with E-state index in [9.17, 15) is 13.6 Å². The number of alkyl halides is 2. The molecule has 0 amide bonds. The van der Waals surface area contributed by atoms with Gasteiger partial charge < -0.3 is 9.47 Å². The molecule has 0 spiro atoms. The summed E-state index contributed by atoms with van der Waals surface area (Å²) >= 11 is 3.08. The summed E-state index contributed by atoms with van der Waals surface area (Å²) in [4.78, 5) is 11.8. The number of hydrogen-bond acceptors (Lipinski definition) is 4. The molecule has 5 nitrogen and oxygen atoms in total. The van der Waals surface area contributed by atoms with Crippen LogP contribution in [0.25, 0.3) is 0 Å². The van der Waals surface area contributed by atoms with E-state index in [-0.39, 0.29) is 28.5 Å². The van der Waals surface area contributed by atoms with Gasteiger partial charge in [0.1, 0.15) is 15.9 Å². The molecule has 0 aromatic carbocycles. The number of esters is 1. The highest BCUT2D eigenvalue weighted by molar-refractivity contribution is 9.10. The minimum absolute atomic E-state index is 0.0951. The molecule has 1 aliphatic rings. The number of ether oxygens (including phenoxy) is 2. The van der Waals surface area contributed by atoms with Crippen molar-refractivity contribution in [2.75, 3.05) is 19.8 Å². The monoisotopic (exact) mass is 352 g/mol. The molecular weight excluding hydrogens is 338 g/mol. The maximum absolute atomic E-state index is 13.3. The van der Waals surface area contributed by atoms with Crippen molar-refractivity contribution < 1.29 is 23.0 Å².